The Kier molecular flexibility index (Phi) is 20.1. The van der Waals surface area contributed by atoms with E-state index in [1.54, 1.807) is 12.1 Å². The van der Waals surface area contributed by atoms with Crippen molar-refractivity contribution in [2.45, 2.75) is 147 Å². The van der Waals surface area contributed by atoms with Crippen LogP contribution in [0.1, 0.15) is 141 Å². The van der Waals surface area contributed by atoms with Gasteiger partial charge in [0, 0.05) is 0 Å². The van der Waals surface area contributed by atoms with Crippen LogP contribution >= 0.6 is 0 Å². The molecule has 0 unspecified atom stereocenters. The molecule has 0 aliphatic rings. The van der Waals surface area contributed by atoms with E-state index in [2.05, 4.69) is 13.8 Å². The standard InChI is InChI=1S/C32H52O3S.K/c1-3-5-7-9-11-13-15-17-19-23-28-27-32(36(33,34)35)31-26-22-21-25-30(31)29(28)24-20-18-16-14-12-10-8-6-4-2;/h21-22,25-27H,3-20,23-24H2,1-2H3,(H,33,34,35);/q;+1/p-1. The molecule has 0 saturated heterocycles. The maximum atomic E-state index is 12.1. The molecule has 0 aromatic heterocycles. The fourth-order valence-corrected chi connectivity index (χ4v) is 6.15. The Hall–Kier alpha value is 0.246. The maximum absolute atomic E-state index is 12.1. The molecule has 2 aromatic carbocycles. The molecule has 0 fully saturated rings. The average molecular weight is 555 g/mol. The largest absolute Gasteiger partial charge is 1.00 e. The van der Waals surface area contributed by atoms with E-state index in [1.807, 2.05) is 18.2 Å². The normalized spacial score (nSPS) is 11.6. The van der Waals surface area contributed by atoms with E-state index in [1.165, 1.54) is 102 Å². The van der Waals surface area contributed by atoms with E-state index in [0.717, 1.165) is 43.1 Å². The number of fused-ring (bicyclic) bond motifs is 1. The second-order valence-corrected chi connectivity index (χ2v) is 12.0. The number of unbranched alkanes of at least 4 members (excludes halogenated alkanes) is 16. The number of rotatable bonds is 21. The Labute approximate surface area is 271 Å². The zero-order valence-corrected chi connectivity index (χ0v) is 28.1. The molecule has 0 heterocycles. The minimum absolute atomic E-state index is 0. The van der Waals surface area contributed by atoms with Gasteiger partial charge in [-0.05, 0) is 53.6 Å². The fourth-order valence-electron chi connectivity index (χ4n) is 5.42. The van der Waals surface area contributed by atoms with Gasteiger partial charge in [-0.3, -0.25) is 0 Å². The van der Waals surface area contributed by atoms with E-state index >= 15 is 0 Å². The number of hydrogen-bond acceptors (Lipinski definition) is 3. The molecule has 5 heteroatoms. The molecule has 0 aliphatic heterocycles. The fraction of sp³-hybridized carbons (Fsp3) is 0.688. The van der Waals surface area contributed by atoms with Crippen LogP contribution < -0.4 is 51.4 Å². The summed E-state index contributed by atoms with van der Waals surface area (Å²) in [5.74, 6) is 0. The summed E-state index contributed by atoms with van der Waals surface area (Å²) in [6, 6.07) is 9.30. The molecule has 0 amide bonds. The molecule has 37 heavy (non-hydrogen) atoms. The van der Waals surface area contributed by atoms with Crippen molar-refractivity contribution in [1.29, 1.82) is 0 Å². The van der Waals surface area contributed by atoms with Gasteiger partial charge in [0.1, 0.15) is 10.1 Å². The van der Waals surface area contributed by atoms with Gasteiger partial charge < -0.3 is 4.55 Å². The molecule has 0 bridgehead atoms. The minimum Gasteiger partial charge on any atom is -0.744 e. The molecule has 0 N–H and O–H groups in total. The summed E-state index contributed by atoms with van der Waals surface area (Å²) in [6.45, 7) is 4.51. The van der Waals surface area contributed by atoms with Gasteiger partial charge >= 0.3 is 51.4 Å². The van der Waals surface area contributed by atoms with Gasteiger partial charge in [0.15, 0.2) is 0 Å². The molecule has 0 saturated carbocycles. The average Bonchev–Trinajstić information content (AvgIpc) is 2.86. The topological polar surface area (TPSA) is 57.2 Å². The van der Waals surface area contributed by atoms with Gasteiger partial charge in [-0.15, -0.1) is 0 Å². The summed E-state index contributed by atoms with van der Waals surface area (Å²) in [5, 5.41) is 1.55. The molecule has 0 radical (unpaired) electrons. The van der Waals surface area contributed by atoms with E-state index in [4.69, 9.17) is 0 Å². The van der Waals surface area contributed by atoms with Crippen LogP contribution in [0, 0.1) is 0 Å². The molecule has 204 valence electrons. The van der Waals surface area contributed by atoms with Crippen molar-refractivity contribution in [2.24, 2.45) is 0 Å². The van der Waals surface area contributed by atoms with Crippen molar-refractivity contribution in [1.82, 2.24) is 0 Å². The third kappa shape index (κ3) is 13.9. The van der Waals surface area contributed by atoms with Crippen LogP contribution in [-0.4, -0.2) is 13.0 Å². The minimum atomic E-state index is -4.51. The third-order valence-corrected chi connectivity index (χ3v) is 8.44. The Morgan fingerprint density at radius 2 is 1.00 bits per heavy atom. The Morgan fingerprint density at radius 3 is 1.46 bits per heavy atom. The molecule has 2 rings (SSSR count). The maximum Gasteiger partial charge on any atom is 1.00 e. The van der Waals surface area contributed by atoms with Crippen molar-refractivity contribution < 1.29 is 64.4 Å². The van der Waals surface area contributed by atoms with Crippen molar-refractivity contribution in [2.75, 3.05) is 0 Å². The van der Waals surface area contributed by atoms with E-state index in [-0.39, 0.29) is 56.3 Å². The monoisotopic (exact) mass is 554 g/mol. The van der Waals surface area contributed by atoms with Crippen molar-refractivity contribution >= 4 is 20.9 Å². The van der Waals surface area contributed by atoms with Gasteiger partial charge in [0.2, 0.25) is 0 Å². The first-order chi connectivity index (χ1) is 17.5. The smallest absolute Gasteiger partial charge is 0.744 e. The van der Waals surface area contributed by atoms with E-state index < -0.39 is 10.1 Å². The molecule has 2 aromatic rings. The Balaban J connectivity index is 0.00000684. The molecule has 3 nitrogen and oxygen atoms in total. The first kappa shape index (κ1) is 35.3. The Morgan fingerprint density at radius 1 is 0.595 bits per heavy atom. The Bertz CT molecular complexity index is 971. The summed E-state index contributed by atoms with van der Waals surface area (Å²) >= 11 is 0. The predicted molar refractivity (Wildman–Crippen MR) is 154 cm³/mol. The third-order valence-electron chi connectivity index (χ3n) is 7.56. The van der Waals surface area contributed by atoms with Crippen molar-refractivity contribution in [3.05, 3.63) is 41.5 Å². The second kappa shape index (κ2) is 21.1. The van der Waals surface area contributed by atoms with Gasteiger partial charge in [0.05, 0.1) is 4.90 Å². The summed E-state index contributed by atoms with van der Waals surface area (Å²) in [7, 11) is -4.51. The van der Waals surface area contributed by atoms with Crippen LogP contribution in [0.2, 0.25) is 0 Å². The van der Waals surface area contributed by atoms with Crippen LogP contribution in [0.25, 0.3) is 10.8 Å². The van der Waals surface area contributed by atoms with Crippen LogP contribution in [0.3, 0.4) is 0 Å². The zero-order valence-electron chi connectivity index (χ0n) is 24.2. The van der Waals surface area contributed by atoms with E-state index in [0.29, 0.717) is 5.39 Å². The molecular weight excluding hydrogens is 504 g/mol. The number of aryl methyl sites for hydroxylation is 2. The van der Waals surface area contributed by atoms with Crippen LogP contribution in [-0.2, 0) is 23.0 Å². The SMILES string of the molecule is CCCCCCCCCCCc1cc(S(=O)(=O)[O-])c2ccccc2c1CCCCCCCCCCC.[K+]. The summed E-state index contributed by atoms with van der Waals surface area (Å²) in [4.78, 5) is -0.0418. The number of benzene rings is 2. The molecule has 0 spiro atoms. The van der Waals surface area contributed by atoms with Gasteiger partial charge in [-0.1, -0.05) is 141 Å². The number of hydrogen-bond donors (Lipinski definition) is 0. The predicted octanol–water partition coefficient (Wildman–Crippen LogP) is 6.89. The molecule has 0 atom stereocenters. The van der Waals surface area contributed by atoms with Crippen LogP contribution in [0.15, 0.2) is 35.2 Å². The van der Waals surface area contributed by atoms with Gasteiger partial charge in [0.25, 0.3) is 0 Å². The first-order valence-corrected chi connectivity index (χ1v) is 16.4. The second-order valence-electron chi connectivity index (χ2n) is 10.7. The zero-order chi connectivity index (χ0) is 26.1. The molecular formula is C32H51KO3S. The molecule has 0 aliphatic carbocycles. The van der Waals surface area contributed by atoms with E-state index in [9.17, 15) is 13.0 Å². The van der Waals surface area contributed by atoms with Crippen LogP contribution in [0.4, 0.5) is 0 Å². The van der Waals surface area contributed by atoms with Gasteiger partial charge in [-0.2, -0.15) is 0 Å². The van der Waals surface area contributed by atoms with Gasteiger partial charge in [-0.25, -0.2) is 8.42 Å². The summed E-state index contributed by atoms with van der Waals surface area (Å²) in [5.41, 5.74) is 2.34. The summed E-state index contributed by atoms with van der Waals surface area (Å²) in [6.07, 6.45) is 24.8. The van der Waals surface area contributed by atoms with Crippen LogP contribution in [0.5, 0.6) is 0 Å². The quantitative estimate of drug-likeness (QED) is 0.0958. The van der Waals surface area contributed by atoms with Crippen molar-refractivity contribution in [3.63, 3.8) is 0 Å². The summed E-state index contributed by atoms with van der Waals surface area (Å²) < 4.78 is 36.3. The first-order valence-electron chi connectivity index (χ1n) is 15.0. The van der Waals surface area contributed by atoms with Crippen molar-refractivity contribution in [3.8, 4) is 0 Å².